The van der Waals surface area contributed by atoms with Crippen LogP contribution in [0, 0.1) is 12.3 Å². The van der Waals surface area contributed by atoms with Gasteiger partial charge in [0, 0.05) is 39.1 Å². The molecule has 0 radical (unpaired) electrons. The van der Waals surface area contributed by atoms with Crippen LogP contribution in [0.4, 0.5) is 0 Å². The summed E-state index contributed by atoms with van der Waals surface area (Å²) in [6, 6.07) is 3.06. The highest BCUT2D eigenvalue weighted by Gasteiger charge is 2.25. The first-order chi connectivity index (χ1) is 10.6. The molecule has 1 aliphatic rings. The van der Waals surface area contributed by atoms with E-state index in [0.717, 1.165) is 26.1 Å². The molecule has 118 valence electrons. The highest BCUT2D eigenvalue weighted by Crippen LogP contribution is 2.09. The minimum atomic E-state index is -0.508. The molecule has 1 saturated heterocycles. The number of amides is 2. The van der Waals surface area contributed by atoms with E-state index < -0.39 is 6.04 Å². The predicted octanol–water partition coefficient (Wildman–Crippen LogP) is 1.03. The largest absolute Gasteiger partial charge is 0.340 e. The Labute approximate surface area is 135 Å². The molecule has 1 aliphatic heterocycles. The molecule has 0 aromatic carbocycles. The van der Waals surface area contributed by atoms with E-state index in [1.165, 1.54) is 11.3 Å². The standard InChI is InChI=1S/C16H21N3O2S/c1-3-4-7-18-8-10-19(11-9-18)16(21)13(2)17-15(20)14-6-5-12-22-14/h1,5-6,12-13H,4,7-11H2,2H3,(H,17,20). The first-order valence-corrected chi connectivity index (χ1v) is 8.28. The molecule has 0 aliphatic carbocycles. The number of carbonyl (C=O) groups is 2. The maximum absolute atomic E-state index is 12.4. The van der Waals surface area contributed by atoms with Crippen molar-refractivity contribution in [3.05, 3.63) is 22.4 Å². The summed E-state index contributed by atoms with van der Waals surface area (Å²) in [7, 11) is 0. The van der Waals surface area contributed by atoms with Gasteiger partial charge >= 0.3 is 0 Å². The fraction of sp³-hybridized carbons (Fsp3) is 0.500. The van der Waals surface area contributed by atoms with E-state index in [1.807, 2.05) is 16.3 Å². The van der Waals surface area contributed by atoms with Crippen LogP contribution in [0.3, 0.4) is 0 Å². The highest BCUT2D eigenvalue weighted by atomic mass is 32.1. The van der Waals surface area contributed by atoms with E-state index in [9.17, 15) is 9.59 Å². The maximum atomic E-state index is 12.4. The van der Waals surface area contributed by atoms with Gasteiger partial charge < -0.3 is 10.2 Å². The molecule has 22 heavy (non-hydrogen) atoms. The van der Waals surface area contributed by atoms with Gasteiger partial charge in [-0.1, -0.05) is 6.07 Å². The summed E-state index contributed by atoms with van der Waals surface area (Å²) >= 11 is 1.37. The molecule has 1 fully saturated rings. The molecule has 2 rings (SSSR count). The van der Waals surface area contributed by atoms with Crippen molar-refractivity contribution < 1.29 is 9.59 Å². The Balaban J connectivity index is 1.79. The third-order valence-electron chi connectivity index (χ3n) is 3.72. The van der Waals surface area contributed by atoms with E-state index in [-0.39, 0.29) is 11.8 Å². The molecule has 2 heterocycles. The molecular weight excluding hydrogens is 298 g/mol. The zero-order chi connectivity index (χ0) is 15.9. The van der Waals surface area contributed by atoms with Crippen molar-refractivity contribution >= 4 is 23.2 Å². The quantitative estimate of drug-likeness (QED) is 0.825. The number of nitrogens with zero attached hydrogens (tertiary/aromatic N) is 2. The lowest BCUT2D eigenvalue weighted by molar-refractivity contribution is -0.134. The third-order valence-corrected chi connectivity index (χ3v) is 4.59. The van der Waals surface area contributed by atoms with Gasteiger partial charge in [-0.25, -0.2) is 0 Å². The minimum absolute atomic E-state index is 0.0264. The summed E-state index contributed by atoms with van der Waals surface area (Å²) in [5.74, 6) is 2.42. The average Bonchev–Trinajstić information content (AvgIpc) is 3.07. The summed E-state index contributed by atoms with van der Waals surface area (Å²) in [6.07, 6.45) is 6.00. The topological polar surface area (TPSA) is 52.6 Å². The first-order valence-electron chi connectivity index (χ1n) is 7.41. The Kier molecular flexibility index (Phi) is 5.99. The second-order valence-corrected chi connectivity index (χ2v) is 6.24. The Hall–Kier alpha value is -1.84. The number of nitrogens with one attached hydrogen (secondary N) is 1. The maximum Gasteiger partial charge on any atom is 0.261 e. The van der Waals surface area contributed by atoms with Crippen LogP contribution in [-0.2, 0) is 4.79 Å². The van der Waals surface area contributed by atoms with Gasteiger partial charge in [-0.3, -0.25) is 14.5 Å². The van der Waals surface area contributed by atoms with Crippen molar-refractivity contribution in [2.45, 2.75) is 19.4 Å². The molecule has 1 atom stereocenters. The van der Waals surface area contributed by atoms with E-state index in [1.54, 1.807) is 13.0 Å². The number of thiophene rings is 1. The summed E-state index contributed by atoms with van der Waals surface area (Å²) in [5, 5.41) is 4.61. The van der Waals surface area contributed by atoms with Gasteiger partial charge in [-0.2, -0.15) is 0 Å². The van der Waals surface area contributed by atoms with Crippen LogP contribution in [0.2, 0.25) is 0 Å². The van der Waals surface area contributed by atoms with Gasteiger partial charge in [0.05, 0.1) is 4.88 Å². The fourth-order valence-electron chi connectivity index (χ4n) is 2.43. The van der Waals surface area contributed by atoms with Crippen molar-refractivity contribution in [2.75, 3.05) is 32.7 Å². The lowest BCUT2D eigenvalue weighted by Crippen LogP contribution is -2.54. The predicted molar refractivity (Wildman–Crippen MR) is 87.7 cm³/mol. The second-order valence-electron chi connectivity index (χ2n) is 5.29. The Bertz CT molecular complexity index is 542. The molecule has 0 spiro atoms. The lowest BCUT2D eigenvalue weighted by Gasteiger charge is -2.35. The molecule has 0 saturated carbocycles. The van der Waals surface area contributed by atoms with E-state index >= 15 is 0 Å². The van der Waals surface area contributed by atoms with Gasteiger partial charge in [0.1, 0.15) is 6.04 Å². The molecule has 6 heteroatoms. The van der Waals surface area contributed by atoms with E-state index in [2.05, 4.69) is 16.1 Å². The number of hydrogen-bond donors (Lipinski definition) is 1. The summed E-state index contributed by atoms with van der Waals surface area (Å²) < 4.78 is 0. The highest BCUT2D eigenvalue weighted by molar-refractivity contribution is 7.12. The van der Waals surface area contributed by atoms with Crippen LogP contribution in [-0.4, -0.2) is 60.4 Å². The van der Waals surface area contributed by atoms with Crippen molar-refractivity contribution in [3.63, 3.8) is 0 Å². The Morgan fingerprint density at radius 3 is 2.73 bits per heavy atom. The van der Waals surface area contributed by atoms with Gasteiger partial charge in [-0.05, 0) is 18.4 Å². The van der Waals surface area contributed by atoms with Crippen LogP contribution in [0.15, 0.2) is 17.5 Å². The molecule has 1 N–H and O–H groups in total. The van der Waals surface area contributed by atoms with Crippen molar-refractivity contribution in [1.29, 1.82) is 0 Å². The molecular formula is C16H21N3O2S. The molecule has 1 aromatic rings. The number of carbonyl (C=O) groups excluding carboxylic acids is 2. The van der Waals surface area contributed by atoms with Crippen LogP contribution in [0.25, 0.3) is 0 Å². The van der Waals surface area contributed by atoms with Crippen LogP contribution >= 0.6 is 11.3 Å². The summed E-state index contributed by atoms with van der Waals surface area (Å²) in [6.45, 7) is 5.64. The van der Waals surface area contributed by atoms with Gasteiger partial charge in [-0.15, -0.1) is 23.7 Å². The SMILES string of the molecule is C#CCCN1CCN(C(=O)C(C)NC(=O)c2cccs2)CC1. The monoisotopic (exact) mass is 319 g/mol. The molecule has 1 aromatic heterocycles. The molecule has 5 nitrogen and oxygen atoms in total. The Morgan fingerprint density at radius 1 is 1.41 bits per heavy atom. The average molecular weight is 319 g/mol. The minimum Gasteiger partial charge on any atom is -0.340 e. The zero-order valence-corrected chi connectivity index (χ0v) is 13.6. The van der Waals surface area contributed by atoms with Crippen LogP contribution < -0.4 is 5.32 Å². The Morgan fingerprint density at radius 2 is 2.14 bits per heavy atom. The number of rotatable bonds is 5. The van der Waals surface area contributed by atoms with E-state index in [4.69, 9.17) is 6.42 Å². The van der Waals surface area contributed by atoms with Crippen molar-refractivity contribution in [3.8, 4) is 12.3 Å². The zero-order valence-electron chi connectivity index (χ0n) is 12.7. The smallest absolute Gasteiger partial charge is 0.261 e. The lowest BCUT2D eigenvalue weighted by atomic mass is 10.2. The van der Waals surface area contributed by atoms with Crippen molar-refractivity contribution in [1.82, 2.24) is 15.1 Å². The molecule has 0 bridgehead atoms. The number of terminal acetylenes is 1. The summed E-state index contributed by atoms with van der Waals surface area (Å²) in [4.78, 5) is 29.1. The van der Waals surface area contributed by atoms with Crippen LogP contribution in [0.5, 0.6) is 0 Å². The molecule has 2 amide bonds. The molecule has 1 unspecified atom stereocenters. The van der Waals surface area contributed by atoms with Gasteiger partial charge in [0.15, 0.2) is 0 Å². The van der Waals surface area contributed by atoms with Crippen molar-refractivity contribution in [2.24, 2.45) is 0 Å². The van der Waals surface area contributed by atoms with Gasteiger partial charge in [0.25, 0.3) is 5.91 Å². The van der Waals surface area contributed by atoms with Gasteiger partial charge in [0.2, 0.25) is 5.91 Å². The normalized spacial score (nSPS) is 16.8. The third kappa shape index (κ3) is 4.33. The first kappa shape index (κ1) is 16.5. The van der Waals surface area contributed by atoms with E-state index in [0.29, 0.717) is 18.0 Å². The van der Waals surface area contributed by atoms with Crippen LogP contribution in [0.1, 0.15) is 23.0 Å². The summed E-state index contributed by atoms with van der Waals surface area (Å²) in [5.41, 5.74) is 0. The fourth-order valence-corrected chi connectivity index (χ4v) is 3.05. The number of piperazine rings is 1. The second kappa shape index (κ2) is 7.97. The number of hydrogen-bond acceptors (Lipinski definition) is 4.